The Morgan fingerprint density at radius 1 is 1.09 bits per heavy atom. The summed E-state index contributed by atoms with van der Waals surface area (Å²) < 4.78 is 38.8. The zero-order valence-electron chi connectivity index (χ0n) is 18.5. The number of hydrogen-bond acceptors (Lipinski definition) is 5. The standard InChI is InChI=1S/C24H24F2N4O3/c1-4-30-23(20(25)26)29-22-19(24(30)31)27-21(28-22)16-8-10-17(11-9-16)33-14(2)12-15-6-5-7-18(13-15)32-3/h5-11,13-14,20H,4,12H2,1-3H3,(H,27,28). The first-order valence-corrected chi connectivity index (χ1v) is 10.6. The first-order valence-electron chi connectivity index (χ1n) is 10.6. The van der Waals surface area contributed by atoms with Gasteiger partial charge in [-0.1, -0.05) is 12.1 Å². The van der Waals surface area contributed by atoms with Crippen molar-refractivity contribution in [3.8, 4) is 22.9 Å². The van der Waals surface area contributed by atoms with Gasteiger partial charge < -0.3 is 14.5 Å². The van der Waals surface area contributed by atoms with Gasteiger partial charge in [-0.3, -0.25) is 9.36 Å². The zero-order valence-corrected chi connectivity index (χ0v) is 18.5. The monoisotopic (exact) mass is 454 g/mol. The van der Waals surface area contributed by atoms with Crippen LogP contribution in [0.15, 0.2) is 53.3 Å². The highest BCUT2D eigenvalue weighted by molar-refractivity contribution is 5.75. The summed E-state index contributed by atoms with van der Waals surface area (Å²) in [4.78, 5) is 23.7. The number of nitrogens with zero attached hydrogens (tertiary/aromatic N) is 3. The highest BCUT2D eigenvalue weighted by atomic mass is 19.3. The van der Waals surface area contributed by atoms with Crippen LogP contribution in [0.4, 0.5) is 8.78 Å². The molecular weight excluding hydrogens is 430 g/mol. The number of methoxy groups -OCH3 is 1. The van der Waals surface area contributed by atoms with Gasteiger partial charge in [-0.15, -0.1) is 0 Å². The summed E-state index contributed by atoms with van der Waals surface area (Å²) in [5.74, 6) is 1.27. The number of ether oxygens (including phenoxy) is 2. The van der Waals surface area contributed by atoms with Crippen LogP contribution in [0.3, 0.4) is 0 Å². The molecule has 2 heterocycles. The van der Waals surface area contributed by atoms with Gasteiger partial charge in [0.05, 0.1) is 13.2 Å². The lowest BCUT2D eigenvalue weighted by Gasteiger charge is -2.15. The Kier molecular flexibility index (Phi) is 6.39. The molecule has 33 heavy (non-hydrogen) atoms. The fraction of sp³-hybridized carbons (Fsp3) is 0.292. The Hall–Kier alpha value is -3.75. The van der Waals surface area contributed by atoms with Crippen LogP contribution in [0.1, 0.15) is 31.7 Å². The molecule has 4 aromatic rings. The van der Waals surface area contributed by atoms with Gasteiger partial charge in [-0.25, -0.2) is 18.7 Å². The topological polar surface area (TPSA) is 82.0 Å². The number of imidazole rings is 1. The van der Waals surface area contributed by atoms with Crippen molar-refractivity contribution >= 4 is 11.2 Å². The predicted molar refractivity (Wildman–Crippen MR) is 121 cm³/mol. The molecule has 0 amide bonds. The van der Waals surface area contributed by atoms with E-state index in [4.69, 9.17) is 9.47 Å². The number of aromatic nitrogens is 4. The van der Waals surface area contributed by atoms with Gasteiger partial charge in [0, 0.05) is 18.5 Å². The first kappa shape index (κ1) is 22.4. The fourth-order valence-corrected chi connectivity index (χ4v) is 3.71. The van der Waals surface area contributed by atoms with E-state index in [-0.39, 0.29) is 23.8 Å². The molecule has 0 bridgehead atoms. The number of halogens is 2. The van der Waals surface area contributed by atoms with E-state index in [1.54, 1.807) is 38.3 Å². The second kappa shape index (κ2) is 9.40. The van der Waals surface area contributed by atoms with E-state index in [0.29, 0.717) is 23.6 Å². The summed E-state index contributed by atoms with van der Waals surface area (Å²) in [6, 6.07) is 15.0. The van der Waals surface area contributed by atoms with Crippen LogP contribution in [0.2, 0.25) is 0 Å². The average Bonchev–Trinajstić information content (AvgIpc) is 3.24. The normalized spacial score (nSPS) is 12.3. The van der Waals surface area contributed by atoms with Crippen LogP contribution in [-0.2, 0) is 13.0 Å². The Balaban J connectivity index is 1.53. The molecule has 4 rings (SSSR count). The average molecular weight is 454 g/mol. The predicted octanol–water partition coefficient (Wildman–Crippen LogP) is 4.76. The first-order chi connectivity index (χ1) is 15.9. The van der Waals surface area contributed by atoms with Crippen LogP contribution in [0.5, 0.6) is 11.5 Å². The minimum atomic E-state index is -2.86. The smallest absolute Gasteiger partial charge is 0.295 e. The summed E-state index contributed by atoms with van der Waals surface area (Å²) in [5.41, 5.74) is 1.30. The van der Waals surface area contributed by atoms with Crippen LogP contribution in [0, 0.1) is 0 Å². The maximum Gasteiger partial charge on any atom is 0.295 e. The molecule has 2 aromatic heterocycles. The maximum absolute atomic E-state index is 13.3. The number of benzene rings is 2. The minimum absolute atomic E-state index is 0.0257. The molecule has 0 saturated carbocycles. The zero-order chi connectivity index (χ0) is 23.5. The van der Waals surface area contributed by atoms with Crippen molar-refractivity contribution in [2.75, 3.05) is 7.11 Å². The van der Waals surface area contributed by atoms with Gasteiger partial charge in [0.15, 0.2) is 17.0 Å². The molecule has 0 aliphatic carbocycles. The van der Waals surface area contributed by atoms with E-state index in [9.17, 15) is 13.6 Å². The van der Waals surface area contributed by atoms with Crippen molar-refractivity contribution in [1.29, 1.82) is 0 Å². The molecule has 7 nitrogen and oxygen atoms in total. The molecule has 1 atom stereocenters. The Bertz CT molecular complexity index is 1320. The summed E-state index contributed by atoms with van der Waals surface area (Å²) in [5, 5.41) is 0. The van der Waals surface area contributed by atoms with Gasteiger partial charge in [0.2, 0.25) is 0 Å². The number of rotatable bonds is 8. The van der Waals surface area contributed by atoms with E-state index >= 15 is 0 Å². The van der Waals surface area contributed by atoms with Gasteiger partial charge in [0.1, 0.15) is 17.3 Å². The molecular formula is C24H24F2N4O3. The largest absolute Gasteiger partial charge is 0.497 e. The summed E-state index contributed by atoms with van der Waals surface area (Å²) in [7, 11) is 1.63. The molecule has 0 fully saturated rings. The third kappa shape index (κ3) is 4.72. The number of H-pyrrole nitrogens is 1. The fourth-order valence-electron chi connectivity index (χ4n) is 3.71. The third-order valence-electron chi connectivity index (χ3n) is 5.27. The lowest BCUT2D eigenvalue weighted by Crippen LogP contribution is -2.25. The number of alkyl halides is 2. The summed E-state index contributed by atoms with van der Waals surface area (Å²) in [6.07, 6.45) is -2.22. The molecule has 2 aromatic carbocycles. The van der Waals surface area contributed by atoms with Crippen LogP contribution in [-0.4, -0.2) is 32.7 Å². The van der Waals surface area contributed by atoms with Crippen LogP contribution >= 0.6 is 0 Å². The quantitative estimate of drug-likeness (QED) is 0.415. The van der Waals surface area contributed by atoms with Crippen molar-refractivity contribution in [3.63, 3.8) is 0 Å². The number of nitrogens with one attached hydrogen (secondary N) is 1. The van der Waals surface area contributed by atoms with Crippen LogP contribution < -0.4 is 15.0 Å². The summed E-state index contributed by atoms with van der Waals surface area (Å²) >= 11 is 0. The number of fused-ring (bicyclic) bond motifs is 1. The highest BCUT2D eigenvalue weighted by Gasteiger charge is 2.20. The SMILES string of the molecule is CCn1c(C(F)F)nc2nc(-c3ccc(OC(C)Cc4cccc(OC)c4)cc3)[nH]c2c1=O. The van der Waals surface area contributed by atoms with Gasteiger partial charge >= 0.3 is 0 Å². The van der Waals surface area contributed by atoms with E-state index in [1.807, 2.05) is 31.2 Å². The minimum Gasteiger partial charge on any atom is -0.497 e. The molecule has 9 heteroatoms. The van der Waals surface area contributed by atoms with Crippen molar-refractivity contribution in [1.82, 2.24) is 19.5 Å². The van der Waals surface area contributed by atoms with Crippen LogP contribution in [0.25, 0.3) is 22.6 Å². The van der Waals surface area contributed by atoms with Crippen molar-refractivity contribution in [3.05, 3.63) is 70.3 Å². The second-order valence-electron chi connectivity index (χ2n) is 7.61. The van der Waals surface area contributed by atoms with Crippen molar-refractivity contribution < 1.29 is 18.3 Å². The summed E-state index contributed by atoms with van der Waals surface area (Å²) in [6.45, 7) is 3.69. The van der Waals surface area contributed by atoms with E-state index in [0.717, 1.165) is 15.9 Å². The van der Waals surface area contributed by atoms with Gasteiger partial charge in [-0.2, -0.15) is 0 Å². The number of aromatic amines is 1. The molecule has 172 valence electrons. The van der Waals surface area contributed by atoms with E-state index < -0.39 is 17.8 Å². The van der Waals surface area contributed by atoms with Gasteiger partial charge in [-0.05, 0) is 55.8 Å². The van der Waals surface area contributed by atoms with E-state index in [2.05, 4.69) is 15.0 Å². The van der Waals surface area contributed by atoms with Crippen molar-refractivity contribution in [2.24, 2.45) is 0 Å². The lowest BCUT2D eigenvalue weighted by atomic mass is 10.1. The Labute approximate surface area is 189 Å². The molecule has 1 N–H and O–H groups in total. The lowest BCUT2D eigenvalue weighted by molar-refractivity contribution is 0.134. The number of hydrogen-bond donors (Lipinski definition) is 1. The Morgan fingerprint density at radius 3 is 2.52 bits per heavy atom. The van der Waals surface area contributed by atoms with E-state index in [1.165, 1.54) is 0 Å². The molecule has 0 spiro atoms. The molecule has 0 aliphatic heterocycles. The Morgan fingerprint density at radius 2 is 1.85 bits per heavy atom. The third-order valence-corrected chi connectivity index (χ3v) is 5.27. The van der Waals surface area contributed by atoms with Gasteiger partial charge in [0.25, 0.3) is 12.0 Å². The molecule has 0 aliphatic rings. The second-order valence-corrected chi connectivity index (χ2v) is 7.61. The maximum atomic E-state index is 13.3. The molecule has 1 unspecified atom stereocenters. The highest BCUT2D eigenvalue weighted by Crippen LogP contribution is 2.24. The van der Waals surface area contributed by atoms with Crippen molar-refractivity contribution in [2.45, 2.75) is 39.3 Å². The molecule has 0 radical (unpaired) electrons. The molecule has 0 saturated heterocycles.